The fourth-order valence-corrected chi connectivity index (χ4v) is 2.32. The predicted molar refractivity (Wildman–Crippen MR) is 71.4 cm³/mol. The summed E-state index contributed by atoms with van der Waals surface area (Å²) in [5.41, 5.74) is 0.538. The van der Waals surface area contributed by atoms with Crippen molar-refractivity contribution >= 4 is 0 Å². The van der Waals surface area contributed by atoms with Crippen molar-refractivity contribution in [1.29, 1.82) is 0 Å². The third-order valence-corrected chi connectivity index (χ3v) is 3.89. The van der Waals surface area contributed by atoms with Gasteiger partial charge >= 0.3 is 0 Å². The van der Waals surface area contributed by atoms with Crippen molar-refractivity contribution in [3.05, 3.63) is 0 Å². The van der Waals surface area contributed by atoms with Crippen LogP contribution in [0.3, 0.4) is 0 Å². The Morgan fingerprint density at radius 3 is 2.59 bits per heavy atom. The van der Waals surface area contributed by atoms with Crippen LogP contribution in [-0.2, 0) is 9.47 Å². The summed E-state index contributed by atoms with van der Waals surface area (Å²) < 4.78 is 10.7. The fourth-order valence-electron chi connectivity index (χ4n) is 2.32. The van der Waals surface area contributed by atoms with Gasteiger partial charge in [0.2, 0.25) is 0 Å². The van der Waals surface area contributed by atoms with Gasteiger partial charge in [-0.2, -0.15) is 0 Å². The molecular weight excluding hydrogens is 214 g/mol. The van der Waals surface area contributed by atoms with Gasteiger partial charge in [-0.3, -0.25) is 0 Å². The molecule has 3 heteroatoms. The largest absolute Gasteiger partial charge is 0.385 e. The molecule has 0 spiro atoms. The van der Waals surface area contributed by atoms with Gasteiger partial charge in [0.25, 0.3) is 0 Å². The summed E-state index contributed by atoms with van der Waals surface area (Å²) in [6.07, 6.45) is 6.16. The molecule has 0 aromatic heterocycles. The summed E-state index contributed by atoms with van der Waals surface area (Å²) in [7, 11) is 1.74. The summed E-state index contributed by atoms with van der Waals surface area (Å²) in [5.74, 6) is 0. The predicted octanol–water partition coefficient (Wildman–Crippen LogP) is 2.60. The van der Waals surface area contributed by atoms with Crippen molar-refractivity contribution in [3.63, 3.8) is 0 Å². The van der Waals surface area contributed by atoms with E-state index < -0.39 is 0 Å². The molecule has 1 aliphatic carbocycles. The summed E-state index contributed by atoms with van der Waals surface area (Å²) >= 11 is 0. The molecule has 102 valence electrons. The van der Waals surface area contributed by atoms with Crippen LogP contribution in [0.2, 0.25) is 0 Å². The van der Waals surface area contributed by atoms with Crippen molar-refractivity contribution in [2.75, 3.05) is 33.5 Å². The van der Waals surface area contributed by atoms with E-state index >= 15 is 0 Å². The van der Waals surface area contributed by atoms with Crippen LogP contribution in [0.15, 0.2) is 0 Å². The molecule has 0 radical (unpaired) electrons. The van der Waals surface area contributed by atoms with E-state index in [2.05, 4.69) is 19.2 Å². The van der Waals surface area contributed by atoms with Crippen LogP contribution in [0, 0.1) is 5.41 Å². The molecule has 0 saturated heterocycles. The molecule has 0 aliphatic heterocycles. The van der Waals surface area contributed by atoms with E-state index in [-0.39, 0.29) is 0 Å². The number of nitrogens with one attached hydrogen (secondary N) is 1. The zero-order chi connectivity index (χ0) is 12.6. The van der Waals surface area contributed by atoms with Gasteiger partial charge in [0.1, 0.15) is 0 Å². The number of hydrogen-bond acceptors (Lipinski definition) is 3. The normalized spacial score (nSPS) is 19.2. The molecular formula is C14H29NO2. The first-order valence-electron chi connectivity index (χ1n) is 7.05. The molecule has 0 heterocycles. The third kappa shape index (κ3) is 5.36. The molecule has 0 aromatic carbocycles. The van der Waals surface area contributed by atoms with Gasteiger partial charge in [-0.15, -0.1) is 0 Å². The van der Waals surface area contributed by atoms with Crippen molar-refractivity contribution in [3.8, 4) is 0 Å². The van der Waals surface area contributed by atoms with Gasteiger partial charge in [-0.1, -0.05) is 6.92 Å². The lowest BCUT2D eigenvalue weighted by Gasteiger charge is -2.24. The second-order valence-corrected chi connectivity index (χ2v) is 5.25. The molecule has 17 heavy (non-hydrogen) atoms. The Morgan fingerprint density at radius 1 is 1.24 bits per heavy atom. The van der Waals surface area contributed by atoms with E-state index in [0.717, 1.165) is 32.8 Å². The maximum atomic E-state index is 5.66. The van der Waals surface area contributed by atoms with Crippen LogP contribution < -0.4 is 5.32 Å². The third-order valence-electron chi connectivity index (χ3n) is 3.89. The van der Waals surface area contributed by atoms with E-state index in [0.29, 0.717) is 11.5 Å². The number of rotatable bonds is 11. The Bertz CT molecular complexity index is 193. The van der Waals surface area contributed by atoms with Crippen molar-refractivity contribution < 1.29 is 9.47 Å². The van der Waals surface area contributed by atoms with Gasteiger partial charge in [0.05, 0.1) is 0 Å². The standard InChI is InChI=1S/C14H29NO2/c1-4-9-15-13(2)14(6-7-14)8-12-17-11-5-10-16-3/h13,15H,4-12H2,1-3H3. The monoisotopic (exact) mass is 243 g/mol. The highest BCUT2D eigenvalue weighted by molar-refractivity contribution is 5.00. The summed E-state index contributed by atoms with van der Waals surface area (Å²) in [4.78, 5) is 0. The van der Waals surface area contributed by atoms with Crippen LogP contribution in [0.1, 0.15) is 46.0 Å². The van der Waals surface area contributed by atoms with Gasteiger partial charge in [0.15, 0.2) is 0 Å². The Kier molecular flexibility index (Phi) is 7.09. The summed E-state index contributed by atoms with van der Waals surface area (Å²) in [5, 5.41) is 3.62. The fraction of sp³-hybridized carbons (Fsp3) is 1.00. The van der Waals surface area contributed by atoms with E-state index in [1.54, 1.807) is 7.11 Å². The molecule has 1 N–H and O–H groups in total. The molecule has 1 atom stereocenters. The minimum Gasteiger partial charge on any atom is -0.385 e. The molecule has 1 fully saturated rings. The second-order valence-electron chi connectivity index (χ2n) is 5.25. The van der Waals surface area contributed by atoms with E-state index in [1.165, 1.54) is 25.7 Å². The topological polar surface area (TPSA) is 30.5 Å². The molecule has 0 bridgehead atoms. The van der Waals surface area contributed by atoms with E-state index in [1.807, 2.05) is 0 Å². The van der Waals surface area contributed by atoms with Crippen molar-refractivity contribution in [2.24, 2.45) is 5.41 Å². The number of methoxy groups -OCH3 is 1. The molecule has 0 amide bonds. The Morgan fingerprint density at radius 2 is 2.00 bits per heavy atom. The van der Waals surface area contributed by atoms with Gasteiger partial charge in [-0.25, -0.2) is 0 Å². The Labute approximate surface area is 106 Å². The second kappa shape index (κ2) is 8.06. The maximum Gasteiger partial charge on any atom is 0.0487 e. The van der Waals surface area contributed by atoms with Crippen LogP contribution >= 0.6 is 0 Å². The van der Waals surface area contributed by atoms with Gasteiger partial charge in [-0.05, 0) is 51.0 Å². The maximum absolute atomic E-state index is 5.66. The molecule has 1 saturated carbocycles. The average Bonchev–Trinajstić information content (AvgIpc) is 3.12. The lowest BCUT2D eigenvalue weighted by atomic mass is 9.94. The van der Waals surface area contributed by atoms with E-state index in [9.17, 15) is 0 Å². The van der Waals surface area contributed by atoms with Crippen LogP contribution in [0.4, 0.5) is 0 Å². The minimum absolute atomic E-state index is 0.538. The Hall–Kier alpha value is -0.120. The van der Waals surface area contributed by atoms with Crippen molar-refractivity contribution in [1.82, 2.24) is 5.32 Å². The molecule has 1 rings (SSSR count). The van der Waals surface area contributed by atoms with Crippen LogP contribution in [0.25, 0.3) is 0 Å². The van der Waals surface area contributed by atoms with Crippen LogP contribution in [-0.4, -0.2) is 39.5 Å². The minimum atomic E-state index is 0.538. The zero-order valence-corrected chi connectivity index (χ0v) is 11.8. The average molecular weight is 243 g/mol. The first-order chi connectivity index (χ1) is 8.25. The van der Waals surface area contributed by atoms with Crippen LogP contribution in [0.5, 0.6) is 0 Å². The quantitative estimate of drug-likeness (QED) is 0.566. The highest BCUT2D eigenvalue weighted by Gasteiger charge is 2.46. The van der Waals surface area contributed by atoms with Crippen molar-refractivity contribution in [2.45, 2.75) is 52.0 Å². The van der Waals surface area contributed by atoms with Gasteiger partial charge in [0, 0.05) is 33.0 Å². The molecule has 0 aromatic rings. The highest BCUT2D eigenvalue weighted by atomic mass is 16.5. The lowest BCUT2D eigenvalue weighted by Crippen LogP contribution is -2.36. The summed E-state index contributed by atoms with van der Waals surface area (Å²) in [6, 6.07) is 0.644. The molecule has 1 aliphatic rings. The SMILES string of the molecule is CCCNC(C)C1(CCOCCCOC)CC1. The van der Waals surface area contributed by atoms with Gasteiger partial charge < -0.3 is 14.8 Å². The smallest absolute Gasteiger partial charge is 0.0487 e. The Balaban J connectivity index is 2.05. The van der Waals surface area contributed by atoms with E-state index in [4.69, 9.17) is 9.47 Å². The molecule has 1 unspecified atom stereocenters. The number of hydrogen-bond donors (Lipinski definition) is 1. The number of ether oxygens (including phenoxy) is 2. The first-order valence-corrected chi connectivity index (χ1v) is 7.05. The lowest BCUT2D eigenvalue weighted by molar-refractivity contribution is 0.0873. The first kappa shape index (κ1) is 14.9. The zero-order valence-electron chi connectivity index (χ0n) is 11.8. The molecule has 3 nitrogen and oxygen atoms in total. The highest BCUT2D eigenvalue weighted by Crippen LogP contribution is 2.51. The summed E-state index contributed by atoms with van der Waals surface area (Å²) in [6.45, 7) is 8.23.